The number of benzene rings is 4. The van der Waals surface area contributed by atoms with E-state index >= 15 is 0 Å². The number of carbonyl (C=O) groups is 2. The normalized spacial score (nSPS) is 11.9. The lowest BCUT2D eigenvalue weighted by Crippen LogP contribution is -2.54. The van der Waals surface area contributed by atoms with Crippen LogP contribution in [0, 0.1) is 6.92 Å². The van der Waals surface area contributed by atoms with Crippen molar-refractivity contribution in [2.75, 3.05) is 17.5 Å². The molecule has 0 aliphatic carbocycles. The second kappa shape index (κ2) is 15.4. The largest absolute Gasteiger partial charge is 0.494 e. The van der Waals surface area contributed by atoms with Crippen LogP contribution in [0.25, 0.3) is 0 Å². The summed E-state index contributed by atoms with van der Waals surface area (Å²) in [4.78, 5) is 29.9. The van der Waals surface area contributed by atoms with Crippen LogP contribution in [-0.4, -0.2) is 50.4 Å². The summed E-state index contributed by atoms with van der Waals surface area (Å²) in [6.07, 6.45) is 0.255. The van der Waals surface area contributed by atoms with Crippen LogP contribution in [0.3, 0.4) is 0 Å². The molecule has 2 amide bonds. The van der Waals surface area contributed by atoms with Crippen molar-refractivity contribution in [3.8, 4) is 5.75 Å². The molecule has 0 heterocycles. The van der Waals surface area contributed by atoms with Gasteiger partial charge < -0.3 is 15.0 Å². The summed E-state index contributed by atoms with van der Waals surface area (Å²) in [5.74, 6) is -0.236. The maximum Gasteiger partial charge on any atom is 0.264 e. The molecular weight excluding hydrogens is 586 g/mol. The number of rotatable bonds is 14. The first kappa shape index (κ1) is 33.3. The van der Waals surface area contributed by atoms with Gasteiger partial charge in [-0.05, 0) is 80.8 Å². The van der Waals surface area contributed by atoms with Gasteiger partial charge in [-0.2, -0.15) is 0 Å². The van der Waals surface area contributed by atoms with E-state index in [1.54, 1.807) is 42.5 Å². The number of hydrogen-bond donors (Lipinski definition) is 1. The van der Waals surface area contributed by atoms with E-state index in [0.717, 1.165) is 21.0 Å². The highest BCUT2D eigenvalue weighted by molar-refractivity contribution is 7.92. The van der Waals surface area contributed by atoms with E-state index in [0.29, 0.717) is 18.0 Å². The molecule has 1 atom stereocenters. The zero-order valence-corrected chi connectivity index (χ0v) is 27.0. The average Bonchev–Trinajstić information content (AvgIpc) is 3.03. The molecule has 0 unspecified atom stereocenters. The van der Waals surface area contributed by atoms with Crippen molar-refractivity contribution in [3.05, 3.63) is 126 Å². The summed E-state index contributed by atoms with van der Waals surface area (Å²) in [5.41, 5.74) is 3.00. The number of sulfonamides is 1. The second-order valence-corrected chi connectivity index (χ2v) is 12.9. The van der Waals surface area contributed by atoms with Gasteiger partial charge in [0.2, 0.25) is 11.8 Å². The monoisotopic (exact) mass is 627 g/mol. The molecule has 0 bridgehead atoms. The Hall–Kier alpha value is -4.63. The summed E-state index contributed by atoms with van der Waals surface area (Å²) < 4.78 is 34.9. The molecule has 0 fully saturated rings. The van der Waals surface area contributed by atoms with E-state index in [-0.39, 0.29) is 29.8 Å². The van der Waals surface area contributed by atoms with Crippen molar-refractivity contribution in [2.45, 2.75) is 57.6 Å². The van der Waals surface area contributed by atoms with Crippen molar-refractivity contribution in [1.29, 1.82) is 0 Å². The topological polar surface area (TPSA) is 96.0 Å². The lowest BCUT2D eigenvalue weighted by molar-refractivity contribution is -0.140. The molecule has 45 heavy (non-hydrogen) atoms. The smallest absolute Gasteiger partial charge is 0.264 e. The lowest BCUT2D eigenvalue weighted by atomic mass is 10.0. The van der Waals surface area contributed by atoms with E-state index in [9.17, 15) is 18.0 Å². The summed E-state index contributed by atoms with van der Waals surface area (Å²) in [6, 6.07) is 30.7. The number of ether oxygens (including phenoxy) is 1. The van der Waals surface area contributed by atoms with Crippen LogP contribution in [-0.2, 0) is 32.6 Å². The Labute approximate surface area is 266 Å². The maximum atomic E-state index is 14.5. The molecule has 0 spiro atoms. The van der Waals surface area contributed by atoms with E-state index in [1.165, 1.54) is 17.0 Å². The van der Waals surface area contributed by atoms with E-state index in [4.69, 9.17) is 4.74 Å². The molecular formula is C36H41N3O5S. The van der Waals surface area contributed by atoms with Gasteiger partial charge in [0.05, 0.1) is 17.2 Å². The first-order chi connectivity index (χ1) is 21.6. The molecule has 4 aromatic carbocycles. The molecule has 0 aliphatic rings. The van der Waals surface area contributed by atoms with Crippen LogP contribution in [0.5, 0.6) is 5.75 Å². The van der Waals surface area contributed by atoms with Gasteiger partial charge in [0.25, 0.3) is 10.0 Å². The van der Waals surface area contributed by atoms with Gasteiger partial charge in [0, 0.05) is 19.0 Å². The minimum absolute atomic E-state index is 0.0514. The SMILES string of the molecule is CCOc1ccc(N(CC(=O)N(Cc2ccccc2C)[C@@H](Cc2ccccc2)C(=O)NC(C)C)S(=O)(=O)c2ccccc2)cc1. The Morgan fingerprint density at radius 2 is 1.42 bits per heavy atom. The Balaban J connectivity index is 1.80. The van der Waals surface area contributed by atoms with E-state index in [2.05, 4.69) is 5.32 Å². The highest BCUT2D eigenvalue weighted by Crippen LogP contribution is 2.27. The number of anilines is 1. The van der Waals surface area contributed by atoms with Crippen molar-refractivity contribution >= 4 is 27.5 Å². The van der Waals surface area contributed by atoms with Crippen LogP contribution in [0.1, 0.15) is 37.5 Å². The highest BCUT2D eigenvalue weighted by atomic mass is 32.2. The standard InChI is InChI=1S/C36H41N3O5S/c1-5-44-32-22-20-31(21-23-32)39(45(42,43)33-18-10-7-11-19-33)26-35(40)38(25-30-17-13-12-14-28(30)4)34(36(41)37-27(2)3)24-29-15-8-6-9-16-29/h6-23,27,34H,5,24-26H2,1-4H3,(H,37,41)/t34-/m0/s1. The van der Waals surface area contributed by atoms with Gasteiger partial charge in [-0.15, -0.1) is 0 Å². The lowest BCUT2D eigenvalue weighted by Gasteiger charge is -2.34. The fraction of sp³-hybridized carbons (Fsp3) is 0.278. The van der Waals surface area contributed by atoms with Gasteiger partial charge in [-0.25, -0.2) is 8.42 Å². The summed E-state index contributed by atoms with van der Waals surface area (Å²) in [7, 11) is -4.17. The molecule has 236 valence electrons. The third-order valence-electron chi connectivity index (χ3n) is 7.35. The Bertz CT molecular complexity index is 1660. The number of nitrogens with one attached hydrogen (secondary N) is 1. The molecule has 0 aromatic heterocycles. The summed E-state index contributed by atoms with van der Waals surface area (Å²) in [5, 5.41) is 2.98. The molecule has 0 saturated carbocycles. The number of hydrogen-bond acceptors (Lipinski definition) is 5. The Morgan fingerprint density at radius 1 is 0.822 bits per heavy atom. The minimum Gasteiger partial charge on any atom is -0.494 e. The van der Waals surface area contributed by atoms with Crippen LogP contribution < -0.4 is 14.4 Å². The van der Waals surface area contributed by atoms with Crippen molar-refractivity contribution < 1.29 is 22.7 Å². The molecule has 0 aliphatic heterocycles. The number of aryl methyl sites for hydroxylation is 1. The van der Waals surface area contributed by atoms with Gasteiger partial charge in [0.1, 0.15) is 18.3 Å². The fourth-order valence-corrected chi connectivity index (χ4v) is 6.46. The van der Waals surface area contributed by atoms with Crippen LogP contribution in [0.2, 0.25) is 0 Å². The predicted octanol–water partition coefficient (Wildman–Crippen LogP) is 5.75. The number of amides is 2. The Morgan fingerprint density at radius 3 is 2.02 bits per heavy atom. The van der Waals surface area contributed by atoms with Crippen molar-refractivity contribution in [3.63, 3.8) is 0 Å². The van der Waals surface area contributed by atoms with Gasteiger partial charge >= 0.3 is 0 Å². The molecule has 9 heteroatoms. The zero-order valence-electron chi connectivity index (χ0n) is 26.2. The van der Waals surface area contributed by atoms with Crippen LogP contribution in [0.4, 0.5) is 5.69 Å². The van der Waals surface area contributed by atoms with Gasteiger partial charge in [0.15, 0.2) is 0 Å². The quantitative estimate of drug-likeness (QED) is 0.192. The van der Waals surface area contributed by atoms with Gasteiger partial charge in [-0.1, -0.05) is 72.8 Å². The zero-order chi connectivity index (χ0) is 32.4. The van der Waals surface area contributed by atoms with Crippen LogP contribution >= 0.6 is 0 Å². The summed E-state index contributed by atoms with van der Waals surface area (Å²) >= 11 is 0. The predicted molar refractivity (Wildman–Crippen MR) is 178 cm³/mol. The molecule has 4 aromatic rings. The molecule has 8 nitrogen and oxygen atoms in total. The van der Waals surface area contributed by atoms with Crippen molar-refractivity contribution in [2.24, 2.45) is 0 Å². The number of carbonyl (C=O) groups excluding carboxylic acids is 2. The second-order valence-electron chi connectivity index (χ2n) is 11.1. The van der Waals surface area contributed by atoms with Crippen LogP contribution in [0.15, 0.2) is 114 Å². The first-order valence-electron chi connectivity index (χ1n) is 15.1. The third kappa shape index (κ3) is 8.73. The fourth-order valence-electron chi connectivity index (χ4n) is 5.03. The molecule has 1 N–H and O–H groups in total. The van der Waals surface area contributed by atoms with E-state index in [1.807, 2.05) is 82.3 Å². The molecule has 4 rings (SSSR count). The average molecular weight is 628 g/mol. The third-order valence-corrected chi connectivity index (χ3v) is 9.14. The minimum atomic E-state index is -4.17. The van der Waals surface area contributed by atoms with Gasteiger partial charge in [-0.3, -0.25) is 13.9 Å². The van der Waals surface area contributed by atoms with E-state index < -0.39 is 28.5 Å². The first-order valence-corrected chi connectivity index (χ1v) is 16.5. The van der Waals surface area contributed by atoms with Crippen molar-refractivity contribution in [1.82, 2.24) is 10.2 Å². The maximum absolute atomic E-state index is 14.5. The number of nitrogens with zero attached hydrogens (tertiary/aromatic N) is 2. The highest BCUT2D eigenvalue weighted by Gasteiger charge is 2.35. The molecule has 0 radical (unpaired) electrons. The summed E-state index contributed by atoms with van der Waals surface area (Å²) in [6.45, 7) is 7.61. The molecule has 0 saturated heterocycles. The Kier molecular flexibility index (Phi) is 11.4.